The van der Waals surface area contributed by atoms with E-state index in [-0.39, 0.29) is 11.5 Å². The first-order chi connectivity index (χ1) is 20.5. The van der Waals surface area contributed by atoms with Crippen LogP contribution in [-0.4, -0.2) is 11.5 Å². The first kappa shape index (κ1) is 24.9. The van der Waals surface area contributed by atoms with E-state index in [9.17, 15) is 0 Å². The molecule has 0 saturated carbocycles. The van der Waals surface area contributed by atoms with Crippen molar-refractivity contribution in [2.75, 3.05) is 0 Å². The minimum atomic E-state index is -0.122. The molecular formula is C40H32N2. The van der Waals surface area contributed by atoms with Crippen molar-refractivity contribution in [2.24, 2.45) is 9.98 Å². The molecule has 1 atom stereocenters. The molecule has 2 heteroatoms. The van der Waals surface area contributed by atoms with Crippen LogP contribution in [0.25, 0.3) is 27.8 Å². The summed E-state index contributed by atoms with van der Waals surface area (Å²) in [4.78, 5) is 10.5. The van der Waals surface area contributed by atoms with Crippen LogP contribution >= 0.6 is 0 Å². The summed E-state index contributed by atoms with van der Waals surface area (Å²) in [5.74, 6) is 0.814. The van der Waals surface area contributed by atoms with Gasteiger partial charge in [-0.15, -0.1) is 0 Å². The fourth-order valence-electron chi connectivity index (χ4n) is 7.11. The predicted octanol–water partition coefficient (Wildman–Crippen LogP) is 9.81. The molecule has 3 aliphatic rings. The lowest BCUT2D eigenvalue weighted by molar-refractivity contribution is 0.660. The number of hydrogen-bond acceptors (Lipinski definition) is 2. The molecule has 8 rings (SSSR count). The van der Waals surface area contributed by atoms with Crippen LogP contribution in [0, 0.1) is 0 Å². The Labute approximate surface area is 247 Å². The normalized spacial score (nSPS) is 17.9. The molecule has 0 aromatic heterocycles. The standard InChI is InChI=1S/C40H32N2/c1-25-29-16-10-11-17-30(29)33-24-36-34(23-32(25)33)31-19-18-28(22-35(31)40(36,2)3)38-21-20-37(26-12-6-4-7-13-26)41-39(42-38)27-14-8-5-9-15-27/h4-19,22-24,37H,1,20-21H2,2-3H3. The Morgan fingerprint density at radius 3 is 2.10 bits per heavy atom. The molecule has 0 radical (unpaired) electrons. The molecule has 42 heavy (non-hydrogen) atoms. The van der Waals surface area contributed by atoms with Gasteiger partial charge in [0, 0.05) is 11.0 Å². The Hall–Kier alpha value is -4.82. The highest BCUT2D eigenvalue weighted by Crippen LogP contribution is 2.54. The monoisotopic (exact) mass is 540 g/mol. The van der Waals surface area contributed by atoms with Crippen LogP contribution in [0.4, 0.5) is 0 Å². The molecule has 2 aliphatic carbocycles. The topological polar surface area (TPSA) is 24.7 Å². The maximum Gasteiger partial charge on any atom is 0.155 e. The molecule has 0 fully saturated rings. The zero-order chi connectivity index (χ0) is 28.4. The lowest BCUT2D eigenvalue weighted by Crippen LogP contribution is -2.16. The van der Waals surface area contributed by atoms with Gasteiger partial charge in [-0.2, -0.15) is 0 Å². The third kappa shape index (κ3) is 3.79. The SMILES string of the molecule is C=C1c2ccccc2-c2cc3c(cc21)-c1ccc(C2=NC(c4ccccc4)=NC(c4ccccc4)CC2)cc1C3(C)C. The smallest absolute Gasteiger partial charge is 0.155 e. The van der Waals surface area contributed by atoms with Crippen molar-refractivity contribution in [3.05, 3.63) is 161 Å². The van der Waals surface area contributed by atoms with E-state index in [1.165, 1.54) is 55.6 Å². The fourth-order valence-corrected chi connectivity index (χ4v) is 7.11. The average Bonchev–Trinajstić information content (AvgIpc) is 3.30. The van der Waals surface area contributed by atoms with Crippen LogP contribution in [0.5, 0.6) is 0 Å². The van der Waals surface area contributed by atoms with Crippen LogP contribution in [0.1, 0.15) is 71.7 Å². The second-order valence-electron chi connectivity index (χ2n) is 12.2. The Morgan fingerprint density at radius 2 is 1.31 bits per heavy atom. The molecule has 202 valence electrons. The molecule has 1 unspecified atom stereocenters. The summed E-state index contributed by atoms with van der Waals surface area (Å²) in [7, 11) is 0. The highest BCUT2D eigenvalue weighted by Gasteiger charge is 2.38. The Balaban J connectivity index is 1.21. The van der Waals surface area contributed by atoms with Crippen molar-refractivity contribution in [1.82, 2.24) is 0 Å². The maximum absolute atomic E-state index is 5.25. The number of rotatable bonds is 3. The van der Waals surface area contributed by atoms with E-state index in [0.29, 0.717) is 0 Å². The summed E-state index contributed by atoms with van der Waals surface area (Å²) < 4.78 is 0. The molecule has 0 saturated heterocycles. The zero-order valence-corrected chi connectivity index (χ0v) is 24.1. The number of hydrogen-bond donors (Lipinski definition) is 0. The molecule has 0 spiro atoms. The average molecular weight is 541 g/mol. The summed E-state index contributed by atoms with van der Waals surface area (Å²) in [6, 6.07) is 41.6. The van der Waals surface area contributed by atoms with Gasteiger partial charge in [-0.25, -0.2) is 4.99 Å². The van der Waals surface area contributed by atoms with Gasteiger partial charge >= 0.3 is 0 Å². The van der Waals surface area contributed by atoms with Gasteiger partial charge in [0.05, 0.1) is 11.8 Å². The second kappa shape index (κ2) is 9.36. The lowest BCUT2D eigenvalue weighted by atomic mass is 9.80. The van der Waals surface area contributed by atoms with Crippen molar-refractivity contribution in [3.8, 4) is 22.3 Å². The van der Waals surface area contributed by atoms with E-state index in [0.717, 1.165) is 35.5 Å². The van der Waals surface area contributed by atoms with E-state index in [1.54, 1.807) is 0 Å². The Kier molecular flexibility index (Phi) is 5.55. The van der Waals surface area contributed by atoms with Gasteiger partial charge in [0.15, 0.2) is 5.84 Å². The van der Waals surface area contributed by atoms with Crippen LogP contribution < -0.4 is 0 Å². The van der Waals surface area contributed by atoms with Crippen molar-refractivity contribution in [3.63, 3.8) is 0 Å². The Bertz CT molecular complexity index is 1960. The number of benzene rings is 5. The largest absolute Gasteiger partial charge is 0.258 e. The minimum absolute atomic E-state index is 0.0798. The van der Waals surface area contributed by atoms with Gasteiger partial charge in [-0.05, 0) is 92.2 Å². The third-order valence-corrected chi connectivity index (χ3v) is 9.40. The van der Waals surface area contributed by atoms with Crippen molar-refractivity contribution in [2.45, 2.75) is 38.1 Å². The van der Waals surface area contributed by atoms with E-state index in [4.69, 9.17) is 9.98 Å². The van der Waals surface area contributed by atoms with Gasteiger partial charge in [0.2, 0.25) is 0 Å². The van der Waals surface area contributed by atoms with E-state index in [2.05, 4.69) is 130 Å². The van der Waals surface area contributed by atoms with Gasteiger partial charge in [-0.3, -0.25) is 4.99 Å². The van der Waals surface area contributed by atoms with Gasteiger partial charge < -0.3 is 0 Å². The third-order valence-electron chi connectivity index (χ3n) is 9.40. The second-order valence-corrected chi connectivity index (χ2v) is 12.2. The molecule has 2 nitrogen and oxygen atoms in total. The number of nitrogens with zero attached hydrogens (tertiary/aromatic N) is 2. The molecule has 5 aromatic rings. The summed E-state index contributed by atoms with van der Waals surface area (Å²) in [5, 5.41) is 0. The minimum Gasteiger partial charge on any atom is -0.258 e. The number of fused-ring (bicyclic) bond motifs is 6. The lowest BCUT2D eigenvalue weighted by Gasteiger charge is -2.23. The van der Waals surface area contributed by atoms with Crippen LogP contribution in [0.2, 0.25) is 0 Å². The highest BCUT2D eigenvalue weighted by atomic mass is 15.0. The maximum atomic E-state index is 5.25. The van der Waals surface area contributed by atoms with Crippen LogP contribution in [0.3, 0.4) is 0 Å². The molecule has 1 heterocycles. The summed E-state index contributed by atoms with van der Waals surface area (Å²) in [5.41, 5.74) is 16.1. The highest BCUT2D eigenvalue weighted by molar-refractivity contribution is 6.13. The zero-order valence-electron chi connectivity index (χ0n) is 24.1. The fraction of sp³-hybridized carbons (Fsp3) is 0.150. The van der Waals surface area contributed by atoms with E-state index >= 15 is 0 Å². The van der Waals surface area contributed by atoms with Gasteiger partial charge in [0.25, 0.3) is 0 Å². The number of aliphatic imine (C=N–C) groups is 2. The van der Waals surface area contributed by atoms with Crippen LogP contribution in [-0.2, 0) is 5.41 Å². The quantitative estimate of drug-likeness (QED) is 0.213. The summed E-state index contributed by atoms with van der Waals surface area (Å²) in [6.07, 6.45) is 1.80. The molecule has 5 aromatic carbocycles. The predicted molar refractivity (Wildman–Crippen MR) is 176 cm³/mol. The van der Waals surface area contributed by atoms with Gasteiger partial charge in [0.1, 0.15) is 0 Å². The van der Waals surface area contributed by atoms with E-state index in [1.807, 2.05) is 6.07 Å². The Morgan fingerprint density at radius 1 is 0.619 bits per heavy atom. The first-order valence-corrected chi connectivity index (χ1v) is 14.9. The molecule has 0 bridgehead atoms. The van der Waals surface area contributed by atoms with Crippen LogP contribution in [0.15, 0.2) is 132 Å². The molecule has 0 N–H and O–H groups in total. The summed E-state index contributed by atoms with van der Waals surface area (Å²) in [6.45, 7) is 9.20. The van der Waals surface area contributed by atoms with Crippen molar-refractivity contribution >= 4 is 17.1 Å². The van der Waals surface area contributed by atoms with Crippen molar-refractivity contribution < 1.29 is 0 Å². The van der Waals surface area contributed by atoms with Gasteiger partial charge in [-0.1, -0.05) is 117 Å². The molecule has 0 amide bonds. The van der Waals surface area contributed by atoms with E-state index < -0.39 is 0 Å². The van der Waals surface area contributed by atoms with Crippen molar-refractivity contribution in [1.29, 1.82) is 0 Å². The molecule has 1 aliphatic heterocycles. The first-order valence-electron chi connectivity index (χ1n) is 14.9. The number of amidine groups is 1. The summed E-state index contributed by atoms with van der Waals surface area (Å²) >= 11 is 0. The molecular weight excluding hydrogens is 508 g/mol.